The molecule has 104 valence electrons. The number of rotatable bonds is 3. The number of hydrogen-bond donors (Lipinski definition) is 1. The maximum atomic E-state index is 9.11. The van der Waals surface area contributed by atoms with E-state index in [4.69, 9.17) is 15.8 Å². The highest BCUT2D eigenvalue weighted by molar-refractivity contribution is 5.70. The van der Waals surface area contributed by atoms with Crippen LogP contribution in [0.25, 0.3) is 0 Å². The maximum absolute atomic E-state index is 9.11. The van der Waals surface area contributed by atoms with Crippen LogP contribution in [0.2, 0.25) is 0 Å². The average Bonchev–Trinajstić information content (AvgIpc) is 3.03. The Kier molecular flexibility index (Phi) is 4.44. The minimum atomic E-state index is -0.205. The van der Waals surface area contributed by atoms with Gasteiger partial charge in [-0.2, -0.15) is 15.8 Å². The fraction of sp³-hybridized carbons (Fsp3) is 0.312. The van der Waals surface area contributed by atoms with E-state index in [1.54, 1.807) is 12.1 Å². The number of anilines is 2. The Morgan fingerprint density at radius 2 is 1.76 bits per heavy atom. The lowest BCUT2D eigenvalue weighted by Crippen LogP contribution is -2.19. The summed E-state index contributed by atoms with van der Waals surface area (Å²) in [5, 5.41) is 29.8. The SMILES string of the molecule is Cc1c(NC(C#N)=C(C#N)C#N)cccc1N1CCCC1. The van der Waals surface area contributed by atoms with Gasteiger partial charge in [-0.25, -0.2) is 0 Å². The lowest BCUT2D eigenvalue weighted by molar-refractivity contribution is 0.949. The molecule has 0 atom stereocenters. The Morgan fingerprint density at radius 3 is 2.33 bits per heavy atom. The molecule has 1 aromatic carbocycles. The zero-order valence-corrected chi connectivity index (χ0v) is 11.8. The molecule has 1 fully saturated rings. The molecule has 0 aliphatic carbocycles. The van der Waals surface area contributed by atoms with Gasteiger partial charge in [0.25, 0.3) is 0 Å². The number of allylic oxidation sites excluding steroid dienone is 2. The molecule has 21 heavy (non-hydrogen) atoms. The molecule has 2 rings (SSSR count). The van der Waals surface area contributed by atoms with Crippen LogP contribution in [0.15, 0.2) is 29.5 Å². The van der Waals surface area contributed by atoms with E-state index in [9.17, 15) is 0 Å². The number of benzene rings is 1. The first kappa shape index (κ1) is 14.4. The molecule has 0 aromatic heterocycles. The summed E-state index contributed by atoms with van der Waals surface area (Å²) in [6.45, 7) is 4.04. The smallest absolute Gasteiger partial charge is 0.163 e. The molecule has 1 aliphatic rings. The second-order valence-corrected chi connectivity index (χ2v) is 4.85. The lowest BCUT2D eigenvalue weighted by atomic mass is 10.1. The Bertz CT molecular complexity index is 675. The minimum Gasteiger partial charge on any atom is -0.371 e. The van der Waals surface area contributed by atoms with Gasteiger partial charge in [0.1, 0.15) is 23.9 Å². The van der Waals surface area contributed by atoms with Crippen LogP contribution in [0.3, 0.4) is 0 Å². The molecule has 0 bridgehead atoms. The van der Waals surface area contributed by atoms with Crippen LogP contribution in [0.1, 0.15) is 18.4 Å². The highest BCUT2D eigenvalue weighted by Gasteiger charge is 2.16. The number of nitrogens with one attached hydrogen (secondary N) is 1. The summed E-state index contributed by atoms with van der Waals surface area (Å²) in [7, 11) is 0. The quantitative estimate of drug-likeness (QED) is 0.858. The van der Waals surface area contributed by atoms with Crippen molar-refractivity contribution in [2.45, 2.75) is 19.8 Å². The van der Waals surface area contributed by atoms with Gasteiger partial charge in [0.15, 0.2) is 5.57 Å². The van der Waals surface area contributed by atoms with Gasteiger partial charge in [-0.1, -0.05) is 6.07 Å². The summed E-state index contributed by atoms with van der Waals surface area (Å²) in [5.74, 6) is 0. The van der Waals surface area contributed by atoms with Gasteiger partial charge in [0.2, 0.25) is 0 Å². The van der Waals surface area contributed by atoms with Crippen molar-refractivity contribution in [3.05, 3.63) is 35.0 Å². The zero-order valence-electron chi connectivity index (χ0n) is 11.8. The topological polar surface area (TPSA) is 86.6 Å². The van der Waals surface area contributed by atoms with E-state index in [0.29, 0.717) is 0 Å². The van der Waals surface area contributed by atoms with E-state index in [0.717, 1.165) is 30.0 Å². The van der Waals surface area contributed by atoms with Crippen molar-refractivity contribution in [3.8, 4) is 18.2 Å². The third-order valence-electron chi connectivity index (χ3n) is 3.60. The third-order valence-corrected chi connectivity index (χ3v) is 3.60. The fourth-order valence-electron chi connectivity index (χ4n) is 2.48. The summed E-state index contributed by atoms with van der Waals surface area (Å²) in [4.78, 5) is 2.31. The molecule has 0 radical (unpaired) electrons. The Morgan fingerprint density at radius 1 is 1.10 bits per heavy atom. The van der Waals surface area contributed by atoms with Crippen LogP contribution in [0.4, 0.5) is 11.4 Å². The van der Waals surface area contributed by atoms with Crippen molar-refractivity contribution in [2.24, 2.45) is 0 Å². The molecule has 1 heterocycles. The summed E-state index contributed by atoms with van der Waals surface area (Å²) in [6.07, 6.45) is 2.38. The van der Waals surface area contributed by atoms with Crippen LogP contribution in [-0.2, 0) is 0 Å². The summed E-state index contributed by atoms with van der Waals surface area (Å²) in [5.41, 5.74) is 2.68. The molecule has 1 aliphatic heterocycles. The number of hydrogen-bond acceptors (Lipinski definition) is 5. The molecule has 1 aromatic rings. The highest BCUT2D eigenvalue weighted by Crippen LogP contribution is 2.30. The zero-order chi connectivity index (χ0) is 15.2. The maximum Gasteiger partial charge on any atom is 0.163 e. The van der Waals surface area contributed by atoms with Gasteiger partial charge < -0.3 is 10.2 Å². The highest BCUT2D eigenvalue weighted by atomic mass is 15.1. The first-order chi connectivity index (χ1) is 10.2. The van der Waals surface area contributed by atoms with Crippen LogP contribution < -0.4 is 10.2 Å². The average molecular weight is 277 g/mol. The molecule has 1 saturated heterocycles. The van der Waals surface area contributed by atoms with Crippen LogP contribution >= 0.6 is 0 Å². The monoisotopic (exact) mass is 277 g/mol. The molecular weight excluding hydrogens is 262 g/mol. The van der Waals surface area contributed by atoms with E-state index >= 15 is 0 Å². The molecule has 0 saturated carbocycles. The van der Waals surface area contributed by atoms with Crippen LogP contribution in [0.5, 0.6) is 0 Å². The van der Waals surface area contributed by atoms with Crippen molar-refractivity contribution in [3.63, 3.8) is 0 Å². The van der Waals surface area contributed by atoms with Gasteiger partial charge in [-0.05, 0) is 37.5 Å². The standard InChI is InChI=1S/C16H15N5/c1-12-14(20-15(11-19)13(9-17)10-18)5-4-6-16(12)21-7-2-3-8-21/h4-6,20H,2-3,7-8H2,1H3. The van der Waals surface area contributed by atoms with Crippen LogP contribution in [-0.4, -0.2) is 13.1 Å². The normalized spacial score (nSPS) is 13.0. The van der Waals surface area contributed by atoms with Crippen molar-refractivity contribution >= 4 is 11.4 Å². The van der Waals surface area contributed by atoms with Gasteiger partial charge in [-0.15, -0.1) is 0 Å². The Hall–Kier alpha value is -2.97. The minimum absolute atomic E-state index is 0.0123. The largest absolute Gasteiger partial charge is 0.371 e. The van der Waals surface area contributed by atoms with Gasteiger partial charge in [0, 0.05) is 24.5 Å². The third kappa shape index (κ3) is 2.96. The predicted octanol–water partition coefficient (Wildman–Crippen LogP) is 2.83. The first-order valence-electron chi connectivity index (χ1n) is 6.77. The van der Waals surface area contributed by atoms with Gasteiger partial charge in [0.05, 0.1) is 0 Å². The summed E-state index contributed by atoms with van der Waals surface area (Å²) >= 11 is 0. The van der Waals surface area contributed by atoms with E-state index in [1.165, 1.54) is 12.8 Å². The van der Waals surface area contributed by atoms with Gasteiger partial charge >= 0.3 is 0 Å². The number of nitrogens with zero attached hydrogens (tertiary/aromatic N) is 4. The lowest BCUT2D eigenvalue weighted by Gasteiger charge is -2.22. The molecule has 5 nitrogen and oxygen atoms in total. The Balaban J connectivity index is 2.36. The molecule has 5 heteroatoms. The first-order valence-corrected chi connectivity index (χ1v) is 6.77. The summed E-state index contributed by atoms with van der Waals surface area (Å²) in [6, 6.07) is 11.2. The van der Waals surface area contributed by atoms with Crippen molar-refractivity contribution in [2.75, 3.05) is 23.3 Å². The second-order valence-electron chi connectivity index (χ2n) is 4.85. The van der Waals surface area contributed by atoms with E-state index in [2.05, 4.69) is 16.3 Å². The van der Waals surface area contributed by atoms with E-state index in [-0.39, 0.29) is 11.3 Å². The second kappa shape index (κ2) is 6.46. The molecule has 1 N–H and O–H groups in total. The Labute approximate surface area is 124 Å². The molecule has 0 spiro atoms. The predicted molar refractivity (Wildman–Crippen MR) is 80.1 cm³/mol. The van der Waals surface area contributed by atoms with Crippen molar-refractivity contribution in [1.82, 2.24) is 0 Å². The van der Waals surface area contributed by atoms with Crippen molar-refractivity contribution < 1.29 is 0 Å². The molecule has 0 unspecified atom stereocenters. The molecule has 0 amide bonds. The van der Waals surface area contributed by atoms with Crippen molar-refractivity contribution in [1.29, 1.82) is 15.8 Å². The van der Waals surface area contributed by atoms with Gasteiger partial charge in [-0.3, -0.25) is 0 Å². The number of nitriles is 3. The molecular formula is C16H15N5. The summed E-state index contributed by atoms with van der Waals surface area (Å²) < 4.78 is 0. The fourth-order valence-corrected chi connectivity index (χ4v) is 2.48. The van der Waals surface area contributed by atoms with E-state index in [1.807, 2.05) is 25.1 Å². The van der Waals surface area contributed by atoms with Crippen LogP contribution in [0, 0.1) is 40.9 Å². The van der Waals surface area contributed by atoms with E-state index < -0.39 is 0 Å².